The molecule has 0 aromatic rings. The largest absolute Gasteiger partial charge is 0.355 e. The molecule has 0 bridgehead atoms. The summed E-state index contributed by atoms with van der Waals surface area (Å²) in [6.07, 6.45) is 2.40. The fraction of sp³-hybridized carbons (Fsp3) is 0.875. The normalized spacial score (nSPS) is 15.0. The Balaban J connectivity index is 4.14. The third-order valence-electron chi connectivity index (χ3n) is 3.78. The molecule has 0 unspecified atom stereocenters. The van der Waals surface area contributed by atoms with Crippen LogP contribution in [0.1, 0.15) is 60.8 Å². The number of carbonyl (C=O) groups is 2. The summed E-state index contributed by atoms with van der Waals surface area (Å²) in [7, 11) is 0. The Morgan fingerprint density at radius 1 is 1.20 bits per heavy atom. The third kappa shape index (κ3) is 7.04. The van der Waals surface area contributed by atoms with Crippen LogP contribution in [0.5, 0.6) is 0 Å². The Labute approximate surface area is 123 Å². The van der Waals surface area contributed by atoms with Gasteiger partial charge in [-0.3, -0.25) is 9.59 Å². The minimum absolute atomic E-state index is 0.0907. The van der Waals surface area contributed by atoms with E-state index in [2.05, 4.69) is 12.2 Å². The molecule has 0 fully saturated rings. The molecule has 1 amide bonds. The van der Waals surface area contributed by atoms with E-state index in [-0.39, 0.29) is 17.2 Å². The third-order valence-corrected chi connectivity index (χ3v) is 3.78. The molecule has 4 nitrogen and oxygen atoms in total. The van der Waals surface area contributed by atoms with E-state index < -0.39 is 6.04 Å². The van der Waals surface area contributed by atoms with Crippen LogP contribution in [0.15, 0.2) is 0 Å². The second-order valence-corrected chi connectivity index (χ2v) is 7.02. The van der Waals surface area contributed by atoms with Crippen molar-refractivity contribution in [3.8, 4) is 0 Å². The zero-order chi connectivity index (χ0) is 15.9. The quantitative estimate of drug-likeness (QED) is 0.719. The summed E-state index contributed by atoms with van der Waals surface area (Å²) >= 11 is 0. The Hall–Kier alpha value is -0.900. The van der Waals surface area contributed by atoms with Gasteiger partial charge in [0.2, 0.25) is 5.91 Å². The highest BCUT2D eigenvalue weighted by molar-refractivity contribution is 5.82. The molecule has 118 valence electrons. The fourth-order valence-electron chi connectivity index (χ4n) is 1.87. The van der Waals surface area contributed by atoms with Crippen LogP contribution in [0, 0.1) is 17.3 Å². The number of hydrogen-bond donors (Lipinski definition) is 2. The maximum Gasteiger partial charge on any atom is 0.237 e. The Kier molecular flexibility index (Phi) is 8.02. The molecule has 0 aliphatic heterocycles. The van der Waals surface area contributed by atoms with Crippen molar-refractivity contribution in [2.45, 2.75) is 66.8 Å². The van der Waals surface area contributed by atoms with Gasteiger partial charge in [-0.15, -0.1) is 0 Å². The molecule has 3 N–H and O–H groups in total. The second kappa shape index (κ2) is 8.40. The van der Waals surface area contributed by atoms with E-state index >= 15 is 0 Å². The van der Waals surface area contributed by atoms with Crippen LogP contribution in [-0.4, -0.2) is 24.3 Å². The van der Waals surface area contributed by atoms with E-state index in [4.69, 9.17) is 5.73 Å². The maximum atomic E-state index is 11.9. The molecule has 0 aliphatic rings. The standard InChI is InChI=1S/C16H32N2O2/c1-7-12(10-13(19)11(2)3)8-9-18-15(20)14(17)16(4,5)6/h11-12,14H,7-10,17H2,1-6H3,(H,18,20)/t12-,14-/m1/s1. The van der Waals surface area contributed by atoms with Gasteiger partial charge >= 0.3 is 0 Å². The summed E-state index contributed by atoms with van der Waals surface area (Å²) in [4.78, 5) is 23.6. The average Bonchev–Trinajstić information content (AvgIpc) is 2.34. The number of nitrogens with one attached hydrogen (secondary N) is 1. The molecular weight excluding hydrogens is 252 g/mol. The highest BCUT2D eigenvalue weighted by Crippen LogP contribution is 2.18. The number of Topliss-reactive ketones (excluding diaryl/α,β-unsaturated/α-hetero) is 1. The van der Waals surface area contributed by atoms with E-state index in [1.54, 1.807) is 0 Å². The van der Waals surface area contributed by atoms with E-state index in [1.165, 1.54) is 0 Å². The molecule has 0 radical (unpaired) electrons. The number of rotatable bonds is 8. The lowest BCUT2D eigenvalue weighted by Crippen LogP contribution is -2.48. The first-order chi connectivity index (χ1) is 9.09. The van der Waals surface area contributed by atoms with Crippen LogP contribution in [0.3, 0.4) is 0 Å². The van der Waals surface area contributed by atoms with Gasteiger partial charge in [0.1, 0.15) is 5.78 Å². The van der Waals surface area contributed by atoms with Gasteiger partial charge in [0.15, 0.2) is 0 Å². The molecule has 20 heavy (non-hydrogen) atoms. The Bertz CT molecular complexity index is 319. The van der Waals surface area contributed by atoms with Crippen LogP contribution in [0.2, 0.25) is 0 Å². The van der Waals surface area contributed by atoms with Gasteiger partial charge in [-0.05, 0) is 17.8 Å². The molecule has 0 rings (SSSR count). The molecular formula is C16H32N2O2. The monoisotopic (exact) mass is 284 g/mol. The molecule has 2 atom stereocenters. The van der Waals surface area contributed by atoms with Crippen molar-refractivity contribution in [2.75, 3.05) is 6.54 Å². The molecule has 0 saturated carbocycles. The highest BCUT2D eigenvalue weighted by atomic mass is 16.2. The average molecular weight is 284 g/mol. The maximum absolute atomic E-state index is 11.9. The summed E-state index contributed by atoms with van der Waals surface area (Å²) in [5.74, 6) is 0.626. The predicted octanol–water partition coefficient (Wildman–Crippen LogP) is 2.51. The number of ketones is 1. The van der Waals surface area contributed by atoms with Crippen LogP contribution in [0.25, 0.3) is 0 Å². The van der Waals surface area contributed by atoms with Crippen LogP contribution in [0.4, 0.5) is 0 Å². The van der Waals surface area contributed by atoms with Crippen molar-refractivity contribution in [1.29, 1.82) is 0 Å². The molecule has 0 saturated heterocycles. The van der Waals surface area contributed by atoms with Crippen LogP contribution >= 0.6 is 0 Å². The molecule has 0 aromatic carbocycles. The van der Waals surface area contributed by atoms with E-state index in [9.17, 15) is 9.59 Å². The Morgan fingerprint density at radius 3 is 2.15 bits per heavy atom. The summed E-state index contributed by atoms with van der Waals surface area (Å²) in [6.45, 7) is 12.4. The number of amides is 1. The topological polar surface area (TPSA) is 72.2 Å². The van der Waals surface area contributed by atoms with Gasteiger partial charge in [-0.1, -0.05) is 48.0 Å². The first kappa shape index (κ1) is 19.1. The van der Waals surface area contributed by atoms with Crippen molar-refractivity contribution >= 4 is 11.7 Å². The van der Waals surface area contributed by atoms with Gasteiger partial charge in [0, 0.05) is 18.9 Å². The van der Waals surface area contributed by atoms with Gasteiger partial charge < -0.3 is 11.1 Å². The van der Waals surface area contributed by atoms with E-state index in [1.807, 2.05) is 34.6 Å². The zero-order valence-electron chi connectivity index (χ0n) is 14.0. The lowest BCUT2D eigenvalue weighted by molar-refractivity contribution is -0.124. The molecule has 4 heteroatoms. The van der Waals surface area contributed by atoms with Gasteiger partial charge in [-0.25, -0.2) is 0 Å². The summed E-state index contributed by atoms with van der Waals surface area (Å²) in [6, 6.07) is -0.500. The van der Waals surface area contributed by atoms with Crippen LogP contribution in [-0.2, 0) is 9.59 Å². The van der Waals surface area contributed by atoms with Crippen molar-refractivity contribution in [1.82, 2.24) is 5.32 Å². The first-order valence-corrected chi connectivity index (χ1v) is 7.65. The zero-order valence-corrected chi connectivity index (χ0v) is 14.0. The number of nitrogens with two attached hydrogens (primary N) is 1. The van der Waals surface area contributed by atoms with Crippen LogP contribution < -0.4 is 11.1 Å². The van der Waals surface area contributed by atoms with Crippen molar-refractivity contribution < 1.29 is 9.59 Å². The fourth-order valence-corrected chi connectivity index (χ4v) is 1.87. The molecule has 0 spiro atoms. The van der Waals surface area contributed by atoms with E-state index in [0.717, 1.165) is 12.8 Å². The number of carbonyl (C=O) groups excluding carboxylic acids is 2. The minimum Gasteiger partial charge on any atom is -0.355 e. The Morgan fingerprint density at radius 2 is 1.75 bits per heavy atom. The van der Waals surface area contributed by atoms with Crippen molar-refractivity contribution in [3.05, 3.63) is 0 Å². The first-order valence-electron chi connectivity index (χ1n) is 7.65. The summed E-state index contributed by atoms with van der Waals surface area (Å²) in [5, 5.41) is 2.88. The van der Waals surface area contributed by atoms with Crippen molar-refractivity contribution in [3.63, 3.8) is 0 Å². The highest BCUT2D eigenvalue weighted by Gasteiger charge is 2.27. The molecule has 0 heterocycles. The lowest BCUT2D eigenvalue weighted by Gasteiger charge is -2.26. The smallest absolute Gasteiger partial charge is 0.237 e. The SMILES string of the molecule is CC[C@H](CCNC(=O)[C@@H](N)C(C)(C)C)CC(=O)C(C)C. The van der Waals surface area contributed by atoms with Crippen molar-refractivity contribution in [2.24, 2.45) is 23.0 Å². The van der Waals surface area contributed by atoms with Gasteiger partial charge in [0.05, 0.1) is 6.04 Å². The summed E-state index contributed by atoms with van der Waals surface area (Å²) < 4.78 is 0. The number of hydrogen-bond acceptors (Lipinski definition) is 3. The predicted molar refractivity (Wildman–Crippen MR) is 83.3 cm³/mol. The second-order valence-electron chi connectivity index (χ2n) is 7.02. The minimum atomic E-state index is -0.500. The molecule has 0 aromatic heterocycles. The summed E-state index contributed by atoms with van der Waals surface area (Å²) in [5.41, 5.74) is 5.66. The molecule has 0 aliphatic carbocycles. The van der Waals surface area contributed by atoms with Gasteiger partial charge in [-0.2, -0.15) is 0 Å². The van der Waals surface area contributed by atoms with Gasteiger partial charge in [0.25, 0.3) is 0 Å². The lowest BCUT2D eigenvalue weighted by atomic mass is 9.87. The van der Waals surface area contributed by atoms with E-state index in [0.29, 0.717) is 24.7 Å².